The van der Waals surface area contributed by atoms with Crippen LogP contribution in [0.2, 0.25) is 0 Å². The second kappa shape index (κ2) is 3.78. The van der Waals surface area contributed by atoms with Crippen LogP contribution in [0.4, 0.5) is 0 Å². The monoisotopic (exact) mass is 218 g/mol. The normalized spacial score (nSPS) is 40.6. The van der Waals surface area contributed by atoms with Crippen molar-refractivity contribution in [3.8, 4) is 12.3 Å². The van der Waals surface area contributed by atoms with Crippen LogP contribution in [0.25, 0.3) is 0 Å². The predicted molar refractivity (Wildman–Crippen MR) is 63.1 cm³/mol. The minimum atomic E-state index is 0.0143. The highest BCUT2D eigenvalue weighted by molar-refractivity contribution is 5.86. The number of hydrogen-bond acceptors (Lipinski definition) is 3. The van der Waals surface area contributed by atoms with Gasteiger partial charge in [-0.2, -0.15) is 0 Å². The lowest BCUT2D eigenvalue weighted by atomic mass is 9.73. The molecule has 4 rings (SSSR count). The molecule has 0 aromatic heterocycles. The van der Waals surface area contributed by atoms with Gasteiger partial charge in [0.05, 0.1) is 5.71 Å². The number of hydrogen-bond donors (Lipinski definition) is 0. The molecule has 3 nitrogen and oxygen atoms in total. The summed E-state index contributed by atoms with van der Waals surface area (Å²) in [5, 5.41) is 4.26. The summed E-state index contributed by atoms with van der Waals surface area (Å²) in [5.74, 6) is 3.39. The van der Waals surface area contributed by atoms with Crippen LogP contribution in [0, 0.1) is 18.3 Å². The molecule has 1 spiro atoms. The number of piperidine rings is 3. The summed E-state index contributed by atoms with van der Waals surface area (Å²) in [7, 11) is 0. The van der Waals surface area contributed by atoms with Gasteiger partial charge < -0.3 is 4.84 Å². The minimum Gasteiger partial charge on any atom is -0.387 e. The van der Waals surface area contributed by atoms with Crippen molar-refractivity contribution < 1.29 is 4.84 Å². The van der Waals surface area contributed by atoms with Crippen molar-refractivity contribution in [2.75, 3.05) is 19.6 Å². The fourth-order valence-corrected chi connectivity index (χ4v) is 3.34. The molecule has 0 N–H and O–H groups in total. The molecule has 3 fully saturated rings. The van der Waals surface area contributed by atoms with Gasteiger partial charge >= 0.3 is 0 Å². The first-order valence-electron chi connectivity index (χ1n) is 6.22. The first kappa shape index (κ1) is 10.2. The number of terminal acetylenes is 1. The van der Waals surface area contributed by atoms with E-state index in [0.717, 1.165) is 25.8 Å². The fourth-order valence-electron chi connectivity index (χ4n) is 3.34. The van der Waals surface area contributed by atoms with Crippen LogP contribution in [-0.2, 0) is 4.84 Å². The summed E-state index contributed by atoms with van der Waals surface area (Å²) in [5.41, 5.74) is 1.19. The van der Waals surface area contributed by atoms with Crippen LogP contribution in [0.3, 0.4) is 0 Å². The van der Waals surface area contributed by atoms with E-state index in [-0.39, 0.29) is 5.60 Å². The molecular formula is C13H18N2O. The third-order valence-corrected chi connectivity index (χ3v) is 4.24. The molecule has 0 aromatic rings. The Bertz CT molecular complexity index is 349. The fraction of sp³-hybridized carbons (Fsp3) is 0.769. The molecule has 4 aliphatic rings. The lowest BCUT2D eigenvalue weighted by Gasteiger charge is -2.49. The Morgan fingerprint density at radius 1 is 1.50 bits per heavy atom. The van der Waals surface area contributed by atoms with Crippen LogP contribution in [0.5, 0.6) is 0 Å². The lowest BCUT2D eigenvalue weighted by Crippen LogP contribution is -2.59. The Hall–Kier alpha value is -1.01. The molecule has 16 heavy (non-hydrogen) atoms. The van der Waals surface area contributed by atoms with E-state index in [4.69, 9.17) is 11.3 Å². The molecule has 4 heterocycles. The van der Waals surface area contributed by atoms with Gasteiger partial charge in [0.1, 0.15) is 0 Å². The van der Waals surface area contributed by atoms with Crippen molar-refractivity contribution in [3.63, 3.8) is 0 Å². The number of oxime groups is 1. The van der Waals surface area contributed by atoms with Crippen LogP contribution >= 0.6 is 0 Å². The molecular weight excluding hydrogens is 200 g/mol. The van der Waals surface area contributed by atoms with Crippen molar-refractivity contribution in [2.24, 2.45) is 11.1 Å². The standard InChI is InChI=1S/C13H18N2O/c1-2-3-4-12-9-13(16-14-12)10-15-7-5-11(13)6-8-15/h1,11H,3-10H2. The SMILES string of the molecule is C#CCCC1=NOC2(C1)CN1CCC2CC1. The zero-order chi connectivity index (χ0) is 11.0. The molecule has 0 saturated carbocycles. The molecule has 3 saturated heterocycles. The highest BCUT2D eigenvalue weighted by Crippen LogP contribution is 2.43. The second-order valence-corrected chi connectivity index (χ2v) is 5.24. The van der Waals surface area contributed by atoms with Gasteiger partial charge in [-0.25, -0.2) is 0 Å². The van der Waals surface area contributed by atoms with E-state index in [9.17, 15) is 0 Å². The molecule has 4 aliphatic heterocycles. The van der Waals surface area contributed by atoms with Gasteiger partial charge in [-0.05, 0) is 25.9 Å². The summed E-state index contributed by atoms with van der Waals surface area (Å²) in [6.07, 6.45) is 10.5. The Labute approximate surface area is 96.8 Å². The topological polar surface area (TPSA) is 24.8 Å². The van der Waals surface area contributed by atoms with Crippen molar-refractivity contribution >= 4 is 5.71 Å². The Morgan fingerprint density at radius 2 is 2.31 bits per heavy atom. The van der Waals surface area contributed by atoms with Gasteiger partial charge in [0.15, 0.2) is 5.60 Å². The van der Waals surface area contributed by atoms with Crippen molar-refractivity contribution in [3.05, 3.63) is 0 Å². The lowest BCUT2D eigenvalue weighted by molar-refractivity contribution is -0.136. The van der Waals surface area contributed by atoms with E-state index in [1.165, 1.54) is 31.6 Å². The van der Waals surface area contributed by atoms with Gasteiger partial charge in [-0.3, -0.25) is 4.90 Å². The third-order valence-electron chi connectivity index (χ3n) is 4.24. The largest absolute Gasteiger partial charge is 0.387 e. The summed E-state index contributed by atoms with van der Waals surface area (Å²) in [6, 6.07) is 0. The van der Waals surface area contributed by atoms with Crippen molar-refractivity contribution in [1.29, 1.82) is 0 Å². The molecule has 3 heteroatoms. The zero-order valence-electron chi connectivity index (χ0n) is 9.61. The smallest absolute Gasteiger partial charge is 0.158 e. The van der Waals surface area contributed by atoms with Gasteiger partial charge in [-0.15, -0.1) is 12.3 Å². The van der Waals surface area contributed by atoms with E-state index in [1.807, 2.05) is 0 Å². The van der Waals surface area contributed by atoms with E-state index in [1.54, 1.807) is 0 Å². The van der Waals surface area contributed by atoms with Crippen LogP contribution in [0.15, 0.2) is 5.16 Å². The molecule has 0 aliphatic carbocycles. The molecule has 1 atom stereocenters. The maximum Gasteiger partial charge on any atom is 0.158 e. The second-order valence-electron chi connectivity index (χ2n) is 5.24. The first-order valence-corrected chi connectivity index (χ1v) is 6.22. The minimum absolute atomic E-state index is 0.0143. The van der Waals surface area contributed by atoms with Crippen molar-refractivity contribution in [1.82, 2.24) is 4.90 Å². The van der Waals surface area contributed by atoms with Gasteiger partial charge in [-0.1, -0.05) is 5.16 Å². The molecule has 0 aromatic carbocycles. The quantitative estimate of drug-likeness (QED) is 0.658. The maximum atomic E-state index is 5.80. The van der Waals surface area contributed by atoms with E-state index in [2.05, 4.69) is 16.0 Å². The summed E-state index contributed by atoms with van der Waals surface area (Å²) in [4.78, 5) is 8.32. The Kier molecular flexibility index (Phi) is 2.40. The summed E-state index contributed by atoms with van der Waals surface area (Å²) >= 11 is 0. The van der Waals surface area contributed by atoms with Gasteiger partial charge in [0.2, 0.25) is 0 Å². The zero-order valence-corrected chi connectivity index (χ0v) is 9.61. The molecule has 0 amide bonds. The van der Waals surface area contributed by atoms with Crippen LogP contribution < -0.4 is 0 Å². The molecule has 86 valence electrons. The van der Waals surface area contributed by atoms with Crippen LogP contribution in [-0.4, -0.2) is 35.8 Å². The third kappa shape index (κ3) is 1.53. The average molecular weight is 218 g/mol. The summed E-state index contributed by atoms with van der Waals surface area (Å²) in [6.45, 7) is 3.56. The Balaban J connectivity index is 1.68. The maximum absolute atomic E-state index is 5.80. The Morgan fingerprint density at radius 3 is 2.94 bits per heavy atom. The van der Waals surface area contributed by atoms with Gasteiger partial charge in [0, 0.05) is 31.7 Å². The number of rotatable bonds is 2. The van der Waals surface area contributed by atoms with E-state index >= 15 is 0 Å². The first-order chi connectivity index (χ1) is 7.82. The summed E-state index contributed by atoms with van der Waals surface area (Å²) < 4.78 is 0. The number of nitrogens with zero attached hydrogens (tertiary/aromatic N) is 2. The highest BCUT2D eigenvalue weighted by atomic mass is 16.7. The molecule has 0 radical (unpaired) electrons. The number of fused-ring (bicyclic) bond motifs is 2. The van der Waals surface area contributed by atoms with E-state index < -0.39 is 0 Å². The predicted octanol–water partition coefficient (Wildman–Crippen LogP) is 1.64. The molecule has 2 bridgehead atoms. The van der Waals surface area contributed by atoms with Gasteiger partial charge in [0.25, 0.3) is 0 Å². The molecule has 1 unspecified atom stereocenters. The van der Waals surface area contributed by atoms with Crippen molar-refractivity contribution in [2.45, 2.75) is 37.7 Å². The van der Waals surface area contributed by atoms with Crippen LogP contribution in [0.1, 0.15) is 32.1 Å². The average Bonchev–Trinajstić information content (AvgIpc) is 2.71. The highest BCUT2D eigenvalue weighted by Gasteiger charge is 2.51. The van der Waals surface area contributed by atoms with E-state index in [0.29, 0.717) is 5.92 Å².